The zero-order chi connectivity index (χ0) is 14.5. The quantitative estimate of drug-likeness (QED) is 0.901. The summed E-state index contributed by atoms with van der Waals surface area (Å²) in [7, 11) is 1.77. The molecule has 104 valence electrons. The Balaban J connectivity index is 2.28. The predicted molar refractivity (Wildman–Crippen MR) is 73.5 cm³/mol. The van der Waals surface area contributed by atoms with Crippen molar-refractivity contribution in [3.05, 3.63) is 65.2 Å². The third-order valence-electron chi connectivity index (χ3n) is 2.82. The van der Waals surface area contributed by atoms with E-state index in [9.17, 15) is 13.6 Å². The molecule has 0 saturated carbocycles. The molecule has 0 saturated heterocycles. The summed E-state index contributed by atoms with van der Waals surface area (Å²) in [6.07, 6.45) is 0. The maximum Gasteiger partial charge on any atom is 0.261 e. The second-order valence-electron chi connectivity index (χ2n) is 4.24. The van der Waals surface area contributed by atoms with E-state index in [0.29, 0.717) is 12.2 Å². The van der Waals surface area contributed by atoms with Crippen LogP contribution in [-0.4, -0.2) is 13.0 Å². The smallest absolute Gasteiger partial charge is 0.261 e. The van der Waals surface area contributed by atoms with E-state index in [1.165, 1.54) is 6.07 Å². The largest absolute Gasteiger partial charge is 0.322 e. The van der Waals surface area contributed by atoms with Crippen molar-refractivity contribution in [2.75, 3.05) is 12.4 Å². The lowest BCUT2D eigenvalue weighted by atomic mass is 10.1. The zero-order valence-corrected chi connectivity index (χ0v) is 10.9. The van der Waals surface area contributed by atoms with Crippen LogP contribution < -0.4 is 10.6 Å². The van der Waals surface area contributed by atoms with Crippen LogP contribution in [0.2, 0.25) is 0 Å². The van der Waals surface area contributed by atoms with Gasteiger partial charge in [0.25, 0.3) is 5.91 Å². The molecule has 20 heavy (non-hydrogen) atoms. The van der Waals surface area contributed by atoms with E-state index in [-0.39, 0.29) is 0 Å². The average molecular weight is 276 g/mol. The molecule has 2 aromatic rings. The first kappa shape index (κ1) is 14.1. The fraction of sp³-hybridized carbons (Fsp3) is 0.133. The fourth-order valence-electron chi connectivity index (χ4n) is 1.89. The summed E-state index contributed by atoms with van der Waals surface area (Å²) in [5.41, 5.74) is 0.779. The maximum absolute atomic E-state index is 13.5. The van der Waals surface area contributed by atoms with E-state index >= 15 is 0 Å². The topological polar surface area (TPSA) is 41.1 Å². The summed E-state index contributed by atoms with van der Waals surface area (Å²) in [6, 6.07) is 10.4. The molecule has 0 radical (unpaired) electrons. The number of para-hydroxylation sites is 1. The molecular formula is C15H14F2N2O. The molecule has 0 heterocycles. The summed E-state index contributed by atoms with van der Waals surface area (Å²) >= 11 is 0. The minimum atomic E-state index is -0.881. The third kappa shape index (κ3) is 3.00. The van der Waals surface area contributed by atoms with Crippen molar-refractivity contribution in [2.45, 2.75) is 6.54 Å². The Kier molecular flexibility index (Phi) is 4.42. The van der Waals surface area contributed by atoms with Gasteiger partial charge in [0, 0.05) is 12.2 Å². The van der Waals surface area contributed by atoms with E-state index in [1.807, 2.05) is 12.1 Å². The van der Waals surface area contributed by atoms with Crippen LogP contribution in [-0.2, 0) is 6.54 Å². The van der Waals surface area contributed by atoms with Crippen LogP contribution in [0, 0.1) is 11.6 Å². The second kappa shape index (κ2) is 6.25. The Bertz CT molecular complexity index is 609. The fourth-order valence-corrected chi connectivity index (χ4v) is 1.89. The second-order valence-corrected chi connectivity index (χ2v) is 4.24. The minimum absolute atomic E-state index is 0.523. The highest BCUT2D eigenvalue weighted by Crippen LogP contribution is 2.18. The van der Waals surface area contributed by atoms with Crippen molar-refractivity contribution in [3.8, 4) is 0 Å². The molecule has 0 aromatic heterocycles. The minimum Gasteiger partial charge on any atom is -0.322 e. The van der Waals surface area contributed by atoms with Gasteiger partial charge in [0.15, 0.2) is 0 Å². The van der Waals surface area contributed by atoms with Gasteiger partial charge >= 0.3 is 0 Å². The Morgan fingerprint density at radius 3 is 2.35 bits per heavy atom. The van der Waals surface area contributed by atoms with Gasteiger partial charge in [-0.1, -0.05) is 24.3 Å². The molecule has 1 amide bonds. The van der Waals surface area contributed by atoms with Gasteiger partial charge in [0.2, 0.25) is 0 Å². The van der Waals surface area contributed by atoms with Gasteiger partial charge in [0.1, 0.15) is 17.2 Å². The number of anilines is 1. The number of amides is 1. The lowest BCUT2D eigenvalue weighted by Crippen LogP contribution is -2.18. The van der Waals surface area contributed by atoms with E-state index in [1.54, 1.807) is 19.2 Å². The van der Waals surface area contributed by atoms with E-state index in [4.69, 9.17) is 0 Å². The first-order chi connectivity index (χ1) is 9.63. The summed E-state index contributed by atoms with van der Waals surface area (Å²) < 4.78 is 27.1. The first-order valence-electron chi connectivity index (χ1n) is 6.11. The maximum atomic E-state index is 13.5. The highest BCUT2D eigenvalue weighted by Gasteiger charge is 2.17. The van der Waals surface area contributed by atoms with Crippen LogP contribution in [0.4, 0.5) is 14.5 Å². The number of benzene rings is 2. The van der Waals surface area contributed by atoms with Gasteiger partial charge in [-0.2, -0.15) is 0 Å². The number of hydrogen-bond acceptors (Lipinski definition) is 2. The van der Waals surface area contributed by atoms with Gasteiger partial charge in [0.05, 0.1) is 0 Å². The van der Waals surface area contributed by atoms with Crippen molar-refractivity contribution in [1.82, 2.24) is 5.32 Å². The van der Waals surface area contributed by atoms with Crippen LogP contribution in [0.5, 0.6) is 0 Å². The van der Waals surface area contributed by atoms with Crippen LogP contribution in [0.15, 0.2) is 42.5 Å². The molecule has 0 aliphatic carbocycles. The van der Waals surface area contributed by atoms with Crippen molar-refractivity contribution in [1.29, 1.82) is 0 Å². The number of carbonyl (C=O) groups is 1. The first-order valence-corrected chi connectivity index (χ1v) is 6.11. The summed E-state index contributed by atoms with van der Waals surface area (Å²) in [5.74, 6) is -2.56. The van der Waals surface area contributed by atoms with Crippen molar-refractivity contribution < 1.29 is 13.6 Å². The molecule has 0 bridgehead atoms. The Morgan fingerprint density at radius 2 is 1.70 bits per heavy atom. The summed E-state index contributed by atoms with van der Waals surface area (Å²) in [5, 5.41) is 5.50. The van der Waals surface area contributed by atoms with Crippen LogP contribution >= 0.6 is 0 Å². The Labute approximate surface area is 115 Å². The molecule has 5 heteroatoms. The van der Waals surface area contributed by atoms with Crippen molar-refractivity contribution in [3.63, 3.8) is 0 Å². The van der Waals surface area contributed by atoms with Gasteiger partial charge in [-0.15, -0.1) is 0 Å². The molecule has 0 unspecified atom stereocenters. The van der Waals surface area contributed by atoms with E-state index in [0.717, 1.165) is 17.7 Å². The number of rotatable bonds is 4. The SMILES string of the molecule is CNCc1ccccc1NC(=O)c1c(F)cccc1F. The molecule has 0 atom stereocenters. The summed E-state index contributed by atoms with van der Waals surface area (Å²) in [4.78, 5) is 12.0. The van der Waals surface area contributed by atoms with Gasteiger partial charge in [-0.25, -0.2) is 8.78 Å². The molecule has 0 aliphatic rings. The lowest BCUT2D eigenvalue weighted by Gasteiger charge is -2.11. The van der Waals surface area contributed by atoms with Crippen LogP contribution in [0.1, 0.15) is 15.9 Å². The number of halogens is 2. The monoisotopic (exact) mass is 276 g/mol. The number of hydrogen-bond donors (Lipinski definition) is 2. The average Bonchev–Trinajstić information content (AvgIpc) is 2.41. The van der Waals surface area contributed by atoms with Gasteiger partial charge in [-0.05, 0) is 30.8 Å². The van der Waals surface area contributed by atoms with Crippen LogP contribution in [0.3, 0.4) is 0 Å². The Hall–Kier alpha value is -2.27. The molecule has 0 aliphatic heterocycles. The molecule has 2 N–H and O–H groups in total. The molecule has 0 fully saturated rings. The van der Waals surface area contributed by atoms with E-state index in [2.05, 4.69) is 10.6 Å². The molecule has 2 rings (SSSR count). The molecular weight excluding hydrogens is 262 g/mol. The Morgan fingerprint density at radius 1 is 1.05 bits per heavy atom. The highest BCUT2D eigenvalue weighted by molar-refractivity contribution is 6.05. The molecule has 0 spiro atoms. The van der Waals surface area contributed by atoms with Gasteiger partial charge in [-0.3, -0.25) is 4.79 Å². The van der Waals surface area contributed by atoms with Crippen LogP contribution in [0.25, 0.3) is 0 Å². The van der Waals surface area contributed by atoms with Crippen molar-refractivity contribution >= 4 is 11.6 Å². The molecule has 2 aromatic carbocycles. The normalized spacial score (nSPS) is 10.3. The third-order valence-corrected chi connectivity index (χ3v) is 2.82. The number of carbonyl (C=O) groups excluding carboxylic acids is 1. The standard InChI is InChI=1S/C15H14F2N2O/c1-18-9-10-5-2-3-8-13(10)19-15(20)14-11(16)6-4-7-12(14)17/h2-8,18H,9H2,1H3,(H,19,20). The lowest BCUT2D eigenvalue weighted by molar-refractivity contribution is 0.101. The predicted octanol–water partition coefficient (Wildman–Crippen LogP) is 2.94. The molecule has 3 nitrogen and oxygen atoms in total. The van der Waals surface area contributed by atoms with Crippen molar-refractivity contribution in [2.24, 2.45) is 0 Å². The highest BCUT2D eigenvalue weighted by atomic mass is 19.1. The number of nitrogens with one attached hydrogen (secondary N) is 2. The zero-order valence-electron chi connectivity index (χ0n) is 10.9. The summed E-state index contributed by atoms with van der Waals surface area (Å²) in [6.45, 7) is 0.538. The van der Waals surface area contributed by atoms with Gasteiger partial charge < -0.3 is 10.6 Å². The van der Waals surface area contributed by atoms with E-state index < -0.39 is 23.1 Å².